The number of hydrogen-bond donors (Lipinski definition) is 1. The maximum atomic E-state index is 10.7. The van der Waals surface area contributed by atoms with Crippen LogP contribution in [0.1, 0.15) is 20.8 Å². The fraction of sp³-hybridized carbons (Fsp3) is 1.00. The quantitative estimate of drug-likeness (QED) is 0.489. The van der Waals surface area contributed by atoms with Gasteiger partial charge in [-0.3, -0.25) is 4.55 Å². The lowest BCUT2D eigenvalue weighted by Gasteiger charge is -1.97. The van der Waals surface area contributed by atoms with Crippen LogP contribution < -0.4 is 0 Å². The van der Waals surface area contributed by atoms with Crippen LogP contribution in [0.5, 0.6) is 0 Å². The minimum absolute atomic E-state index is 0.833. The van der Waals surface area contributed by atoms with Gasteiger partial charge in [0.1, 0.15) is 0 Å². The fourth-order valence-electron chi connectivity index (χ4n) is 0. The van der Waals surface area contributed by atoms with Gasteiger partial charge < -0.3 is 0 Å². The Morgan fingerprint density at radius 3 is 1.25 bits per heavy atom. The normalized spacial score (nSPS) is 12.3. The molecule has 0 saturated carbocycles. The van der Waals surface area contributed by atoms with Gasteiger partial charge in [0.15, 0.2) is 0 Å². The van der Waals surface area contributed by atoms with Crippen molar-refractivity contribution in [3.63, 3.8) is 0 Å². The highest BCUT2D eigenvalue weighted by atomic mass is 32.2. The van der Waals surface area contributed by atoms with Gasteiger partial charge in [0, 0.05) is 0 Å². The molecule has 7 heteroatoms. The Balaban J connectivity index is 0. The summed E-state index contributed by atoms with van der Waals surface area (Å²) in [5.74, 6) is 0.833. The van der Waals surface area contributed by atoms with Crippen LogP contribution in [0.25, 0.3) is 0 Å². The topological polar surface area (TPSA) is 54.4 Å². The minimum Gasteiger partial charge on any atom is -0.279 e. The molecule has 0 atom stereocenters. The fourth-order valence-corrected chi connectivity index (χ4v) is 0. The number of halogens is 3. The van der Waals surface area contributed by atoms with Gasteiger partial charge in [-0.15, -0.1) is 0 Å². The Morgan fingerprint density at radius 2 is 1.25 bits per heavy atom. The van der Waals surface area contributed by atoms with Crippen LogP contribution in [0.4, 0.5) is 13.2 Å². The third kappa shape index (κ3) is 9.70. The molecule has 76 valence electrons. The van der Waals surface area contributed by atoms with E-state index in [0.29, 0.717) is 0 Å². The molecule has 0 heterocycles. The second kappa shape index (κ2) is 4.66. The van der Waals surface area contributed by atoms with Crippen LogP contribution in [0.2, 0.25) is 0 Å². The zero-order valence-corrected chi connectivity index (χ0v) is 7.70. The minimum atomic E-state index is -5.84. The first-order valence-electron chi connectivity index (χ1n) is 3.02. The summed E-state index contributed by atoms with van der Waals surface area (Å²) >= 11 is 0. The average molecular weight is 208 g/mol. The number of hydrogen-bond acceptors (Lipinski definition) is 2. The van der Waals surface area contributed by atoms with Gasteiger partial charge in [0.25, 0.3) is 0 Å². The van der Waals surface area contributed by atoms with Crippen molar-refractivity contribution in [2.75, 3.05) is 0 Å². The molecule has 0 amide bonds. The van der Waals surface area contributed by atoms with E-state index in [2.05, 4.69) is 20.8 Å². The Kier molecular flexibility index (Phi) is 5.53. The molecule has 1 N–H and O–H groups in total. The molecule has 0 unspecified atom stereocenters. The summed E-state index contributed by atoms with van der Waals surface area (Å²) in [6, 6.07) is 0. The van der Waals surface area contributed by atoms with E-state index in [1.54, 1.807) is 0 Å². The van der Waals surface area contributed by atoms with E-state index >= 15 is 0 Å². The first kappa shape index (κ1) is 14.2. The van der Waals surface area contributed by atoms with Crippen molar-refractivity contribution in [2.24, 2.45) is 5.92 Å². The molecule has 0 saturated heterocycles. The lowest BCUT2D eigenvalue weighted by atomic mass is 10.3. The molecule has 0 aromatic rings. The molecule has 0 rings (SSSR count). The summed E-state index contributed by atoms with van der Waals surface area (Å²) in [7, 11) is -5.84. The molecule has 0 aromatic carbocycles. The van der Waals surface area contributed by atoms with Gasteiger partial charge in [-0.05, 0) is 5.92 Å². The van der Waals surface area contributed by atoms with Crippen LogP contribution in [-0.2, 0) is 10.1 Å². The van der Waals surface area contributed by atoms with Crippen molar-refractivity contribution in [1.82, 2.24) is 0 Å². The second-order valence-corrected chi connectivity index (χ2v) is 4.07. The molecule has 12 heavy (non-hydrogen) atoms. The predicted molar refractivity (Wildman–Crippen MR) is 38.1 cm³/mol. The van der Waals surface area contributed by atoms with E-state index in [0.717, 1.165) is 5.92 Å². The van der Waals surface area contributed by atoms with Crippen LogP contribution in [-0.4, -0.2) is 18.5 Å². The van der Waals surface area contributed by atoms with E-state index in [9.17, 15) is 13.2 Å². The standard InChI is InChI=1S/C4H10.CHF3O3S/c1-4(2)3;2-1(3,4)8(5,6)7/h4H,1-3H3;(H,5,6,7). The number of alkyl halides is 3. The highest BCUT2D eigenvalue weighted by Crippen LogP contribution is 2.20. The van der Waals surface area contributed by atoms with Crippen LogP contribution in [0.15, 0.2) is 0 Å². The zero-order chi connectivity index (χ0) is 10.6. The van der Waals surface area contributed by atoms with Crippen molar-refractivity contribution in [1.29, 1.82) is 0 Å². The largest absolute Gasteiger partial charge is 0.522 e. The van der Waals surface area contributed by atoms with Gasteiger partial charge in [-0.2, -0.15) is 21.6 Å². The Morgan fingerprint density at radius 1 is 1.17 bits per heavy atom. The predicted octanol–water partition coefficient (Wildman–Crippen LogP) is 2.06. The van der Waals surface area contributed by atoms with E-state index in [-0.39, 0.29) is 0 Å². The zero-order valence-electron chi connectivity index (χ0n) is 6.88. The van der Waals surface area contributed by atoms with E-state index in [1.165, 1.54) is 0 Å². The molecular weight excluding hydrogens is 197 g/mol. The molecule has 0 bridgehead atoms. The summed E-state index contributed by atoms with van der Waals surface area (Å²) in [6.07, 6.45) is 0. The van der Waals surface area contributed by atoms with E-state index in [1.807, 2.05) is 0 Å². The second-order valence-electron chi connectivity index (χ2n) is 2.65. The summed E-state index contributed by atoms with van der Waals surface area (Å²) in [6.45, 7) is 6.50. The summed E-state index contributed by atoms with van der Waals surface area (Å²) < 4.78 is 57.5. The molecule has 0 aromatic heterocycles. The highest BCUT2D eigenvalue weighted by molar-refractivity contribution is 7.86. The Labute approximate surface area is 69.3 Å². The van der Waals surface area contributed by atoms with Gasteiger partial charge in [0.05, 0.1) is 0 Å². The first-order valence-corrected chi connectivity index (χ1v) is 4.46. The van der Waals surface area contributed by atoms with Gasteiger partial charge in [-0.1, -0.05) is 20.8 Å². The van der Waals surface area contributed by atoms with E-state index in [4.69, 9.17) is 13.0 Å². The lowest BCUT2D eigenvalue weighted by Crippen LogP contribution is -2.21. The molecule has 0 aliphatic rings. The van der Waals surface area contributed by atoms with Gasteiger partial charge >= 0.3 is 15.6 Å². The Bertz CT molecular complexity index is 202. The molecule has 0 fully saturated rings. The van der Waals surface area contributed by atoms with Crippen molar-refractivity contribution in [2.45, 2.75) is 26.3 Å². The lowest BCUT2D eigenvalue weighted by molar-refractivity contribution is -0.0510. The average Bonchev–Trinajstić information content (AvgIpc) is 1.55. The molecule has 0 spiro atoms. The monoisotopic (exact) mass is 208 g/mol. The first-order chi connectivity index (χ1) is 4.98. The smallest absolute Gasteiger partial charge is 0.279 e. The van der Waals surface area contributed by atoms with E-state index < -0.39 is 15.6 Å². The molecule has 0 aliphatic carbocycles. The van der Waals surface area contributed by atoms with Crippen LogP contribution >= 0.6 is 0 Å². The van der Waals surface area contributed by atoms with Crippen molar-refractivity contribution >= 4 is 10.1 Å². The van der Waals surface area contributed by atoms with Crippen LogP contribution in [0.3, 0.4) is 0 Å². The SMILES string of the molecule is CC(C)C.O=S(=O)(O)C(F)(F)F. The molecular formula is C5H11F3O3S. The third-order valence-electron chi connectivity index (χ3n) is 0.292. The maximum absolute atomic E-state index is 10.7. The molecule has 0 aliphatic heterocycles. The van der Waals surface area contributed by atoms with Gasteiger partial charge in [-0.25, -0.2) is 0 Å². The Hall–Kier alpha value is -0.300. The third-order valence-corrected chi connectivity index (χ3v) is 0.877. The summed E-state index contributed by atoms with van der Waals surface area (Å²) in [5.41, 5.74) is -5.53. The number of rotatable bonds is 0. The summed E-state index contributed by atoms with van der Waals surface area (Å²) in [5, 5.41) is 0. The van der Waals surface area contributed by atoms with Crippen molar-refractivity contribution in [3.05, 3.63) is 0 Å². The van der Waals surface area contributed by atoms with Crippen molar-refractivity contribution < 1.29 is 26.1 Å². The molecule has 0 radical (unpaired) electrons. The van der Waals surface area contributed by atoms with Crippen LogP contribution in [0, 0.1) is 5.92 Å². The van der Waals surface area contributed by atoms with Crippen molar-refractivity contribution in [3.8, 4) is 0 Å². The summed E-state index contributed by atoms with van der Waals surface area (Å²) in [4.78, 5) is 0. The maximum Gasteiger partial charge on any atom is 0.522 e. The molecule has 3 nitrogen and oxygen atoms in total. The highest BCUT2D eigenvalue weighted by Gasteiger charge is 2.44. The van der Waals surface area contributed by atoms with Gasteiger partial charge in [0.2, 0.25) is 0 Å².